The molecule has 56 heavy (non-hydrogen) atoms. The SMILES string of the molecule is CCOC(=O)C1=CN(Cc2ccccc2)C2C(CO)(C3N(Cc4ccccc4)C=C(C(=O)OCC)[C@@H](c4ccc(OC)cc4)C23CO)[C@H]1c1ccc(OC)cc1. The van der Waals surface area contributed by atoms with Crippen molar-refractivity contribution in [3.05, 3.63) is 155 Å². The van der Waals surface area contributed by atoms with Gasteiger partial charge in [0.1, 0.15) is 11.5 Å². The summed E-state index contributed by atoms with van der Waals surface area (Å²) in [6.45, 7) is 3.88. The molecule has 1 aliphatic carbocycles. The number of benzene rings is 4. The number of aliphatic hydroxyl groups excluding tert-OH is 2. The summed E-state index contributed by atoms with van der Waals surface area (Å²) >= 11 is 0. The Kier molecular flexibility index (Phi) is 11.2. The van der Waals surface area contributed by atoms with Gasteiger partial charge in [-0.3, -0.25) is 0 Å². The van der Waals surface area contributed by atoms with Crippen molar-refractivity contribution in [2.24, 2.45) is 10.8 Å². The maximum atomic E-state index is 14.3. The minimum atomic E-state index is -1.13. The Labute approximate surface area is 328 Å². The van der Waals surface area contributed by atoms with Crippen LogP contribution in [-0.4, -0.2) is 84.7 Å². The molecule has 2 heterocycles. The highest BCUT2D eigenvalue weighted by atomic mass is 16.5. The summed E-state index contributed by atoms with van der Waals surface area (Å²) < 4.78 is 22.6. The summed E-state index contributed by atoms with van der Waals surface area (Å²) in [5.74, 6) is -1.05. The predicted octanol–water partition coefficient (Wildman–Crippen LogP) is 6.21. The molecule has 2 N–H and O–H groups in total. The van der Waals surface area contributed by atoms with Crippen molar-refractivity contribution in [2.75, 3.05) is 40.6 Å². The molecule has 6 atom stereocenters. The van der Waals surface area contributed by atoms with Crippen LogP contribution in [0.2, 0.25) is 0 Å². The van der Waals surface area contributed by atoms with Gasteiger partial charge in [0.2, 0.25) is 0 Å². The molecule has 0 radical (unpaired) electrons. The highest BCUT2D eigenvalue weighted by Gasteiger charge is 2.81. The Hall–Kier alpha value is -5.58. The normalized spacial score (nSPS) is 25.1. The first kappa shape index (κ1) is 38.7. The molecule has 4 unspecified atom stereocenters. The number of methoxy groups -OCH3 is 2. The van der Waals surface area contributed by atoms with Crippen molar-refractivity contribution in [1.29, 1.82) is 0 Å². The van der Waals surface area contributed by atoms with E-state index in [0.29, 0.717) is 35.7 Å². The van der Waals surface area contributed by atoms with Gasteiger partial charge >= 0.3 is 11.9 Å². The lowest BCUT2D eigenvalue weighted by molar-refractivity contribution is -0.264. The molecule has 292 valence electrons. The Morgan fingerprint density at radius 3 is 1.23 bits per heavy atom. The molecule has 4 aromatic carbocycles. The van der Waals surface area contributed by atoms with E-state index >= 15 is 0 Å². The lowest BCUT2D eigenvalue weighted by Crippen LogP contribution is -2.86. The summed E-state index contributed by atoms with van der Waals surface area (Å²) in [6, 6.07) is 33.7. The molecule has 4 aromatic rings. The molecule has 0 spiro atoms. The van der Waals surface area contributed by atoms with Gasteiger partial charge in [-0.2, -0.15) is 0 Å². The van der Waals surface area contributed by atoms with Gasteiger partial charge in [-0.1, -0.05) is 84.9 Å². The first-order chi connectivity index (χ1) is 27.3. The average Bonchev–Trinajstić information content (AvgIpc) is 3.23. The zero-order valence-electron chi connectivity index (χ0n) is 32.3. The molecule has 7 rings (SSSR count). The van der Waals surface area contributed by atoms with Crippen LogP contribution in [0.25, 0.3) is 0 Å². The van der Waals surface area contributed by atoms with Crippen LogP contribution in [0.15, 0.2) is 133 Å². The topological polar surface area (TPSA) is 118 Å². The number of fused-ring (bicyclic) bond motifs is 4. The van der Waals surface area contributed by atoms with E-state index in [1.807, 2.05) is 122 Å². The molecule has 1 saturated carbocycles. The van der Waals surface area contributed by atoms with Crippen molar-refractivity contribution in [2.45, 2.75) is 50.9 Å². The van der Waals surface area contributed by atoms with E-state index in [2.05, 4.69) is 9.80 Å². The zero-order valence-corrected chi connectivity index (χ0v) is 32.3. The van der Waals surface area contributed by atoms with Gasteiger partial charge in [-0.05, 0) is 60.4 Å². The van der Waals surface area contributed by atoms with Crippen LogP contribution in [0.1, 0.15) is 47.9 Å². The number of ether oxygens (including phenoxy) is 4. The standard InChI is InChI=1S/C46H50N2O8/c1-5-55-41(51)37-27-47(25-31-13-9-7-10-14-31)43-45(29-49,39(37)33-17-21-35(53-3)22-18-33)44-46(43,30-50)40(34-19-23-36(54-4)24-20-34)38(42(52)56-6-2)28-48(44)26-32-15-11-8-12-16-32/h7-24,27-28,39-40,43-44,49-50H,5-6,25-26,29-30H2,1-4H3/t39-,40+,43?,44?,45?,46?. The first-order valence-corrected chi connectivity index (χ1v) is 19.2. The van der Waals surface area contributed by atoms with Gasteiger partial charge in [0.05, 0.1) is 63.9 Å². The maximum absolute atomic E-state index is 14.3. The smallest absolute Gasteiger partial charge is 0.336 e. The second kappa shape index (κ2) is 16.3. The summed E-state index contributed by atoms with van der Waals surface area (Å²) in [7, 11) is 3.20. The Morgan fingerprint density at radius 2 is 0.929 bits per heavy atom. The summed E-state index contributed by atoms with van der Waals surface area (Å²) in [6.07, 6.45) is 3.72. The highest BCUT2D eigenvalue weighted by molar-refractivity contribution is 5.92. The molecular weight excluding hydrogens is 709 g/mol. The van der Waals surface area contributed by atoms with E-state index in [1.54, 1.807) is 28.1 Å². The molecule has 2 aliphatic heterocycles. The molecule has 3 aliphatic rings. The van der Waals surface area contributed by atoms with Gasteiger partial charge in [-0.25, -0.2) is 9.59 Å². The molecule has 0 saturated heterocycles. The summed E-state index contributed by atoms with van der Waals surface area (Å²) in [5, 5.41) is 24.5. The van der Waals surface area contributed by atoms with Crippen LogP contribution in [0.4, 0.5) is 0 Å². The second-order valence-corrected chi connectivity index (χ2v) is 14.7. The maximum Gasteiger partial charge on any atom is 0.336 e. The quantitative estimate of drug-likeness (QED) is 0.144. The molecule has 10 nitrogen and oxygen atoms in total. The monoisotopic (exact) mass is 758 g/mol. The van der Waals surface area contributed by atoms with Crippen molar-refractivity contribution >= 4 is 11.9 Å². The lowest BCUT2D eigenvalue weighted by Gasteiger charge is -2.78. The Bertz CT molecular complexity index is 1890. The van der Waals surface area contributed by atoms with Crippen LogP contribution >= 0.6 is 0 Å². The third kappa shape index (κ3) is 6.40. The third-order valence-corrected chi connectivity index (χ3v) is 11.9. The fourth-order valence-corrected chi connectivity index (χ4v) is 10.0. The van der Waals surface area contributed by atoms with E-state index in [-0.39, 0.29) is 26.4 Å². The molecular formula is C46H50N2O8. The van der Waals surface area contributed by atoms with Crippen molar-refractivity contribution in [1.82, 2.24) is 9.80 Å². The van der Waals surface area contributed by atoms with Crippen molar-refractivity contribution in [3.8, 4) is 11.5 Å². The number of aliphatic hydroxyl groups is 2. The minimum absolute atomic E-state index is 0.162. The van der Waals surface area contributed by atoms with Gasteiger partial charge in [0.25, 0.3) is 0 Å². The van der Waals surface area contributed by atoms with Gasteiger partial charge in [0, 0.05) is 48.2 Å². The van der Waals surface area contributed by atoms with Gasteiger partial charge in [-0.15, -0.1) is 0 Å². The van der Waals surface area contributed by atoms with E-state index in [1.165, 1.54) is 0 Å². The van der Waals surface area contributed by atoms with Gasteiger partial charge in [0.15, 0.2) is 0 Å². The van der Waals surface area contributed by atoms with E-state index in [0.717, 1.165) is 22.3 Å². The molecule has 0 amide bonds. The fraction of sp³-hybridized carbons (Fsp3) is 0.348. The molecule has 10 heteroatoms. The summed E-state index contributed by atoms with van der Waals surface area (Å²) in [5.41, 5.74) is 2.05. The average molecular weight is 759 g/mol. The first-order valence-electron chi connectivity index (χ1n) is 19.2. The zero-order chi connectivity index (χ0) is 39.5. The third-order valence-electron chi connectivity index (χ3n) is 11.9. The number of nitrogens with zero attached hydrogens (tertiary/aromatic N) is 2. The minimum Gasteiger partial charge on any atom is -0.497 e. The van der Waals surface area contributed by atoms with Crippen molar-refractivity contribution < 1.29 is 38.7 Å². The number of esters is 2. The number of hydrogen-bond acceptors (Lipinski definition) is 10. The van der Waals surface area contributed by atoms with Crippen LogP contribution in [-0.2, 0) is 32.2 Å². The number of carbonyl (C=O) groups excluding carboxylic acids is 2. The van der Waals surface area contributed by atoms with E-state index < -0.39 is 46.7 Å². The number of carbonyl (C=O) groups is 2. The number of hydrogen-bond donors (Lipinski definition) is 2. The molecule has 1 fully saturated rings. The Balaban J connectivity index is 1.56. The van der Waals surface area contributed by atoms with Crippen LogP contribution in [0.5, 0.6) is 11.5 Å². The van der Waals surface area contributed by atoms with Crippen LogP contribution < -0.4 is 9.47 Å². The molecule has 0 bridgehead atoms. The van der Waals surface area contributed by atoms with E-state index in [4.69, 9.17) is 18.9 Å². The molecule has 0 aromatic heterocycles. The largest absolute Gasteiger partial charge is 0.497 e. The van der Waals surface area contributed by atoms with Gasteiger partial charge < -0.3 is 39.0 Å². The Morgan fingerprint density at radius 1 is 0.571 bits per heavy atom. The number of rotatable bonds is 14. The highest BCUT2D eigenvalue weighted by Crippen LogP contribution is 2.74. The van der Waals surface area contributed by atoms with Crippen LogP contribution in [0.3, 0.4) is 0 Å². The summed E-state index contributed by atoms with van der Waals surface area (Å²) in [4.78, 5) is 32.8. The lowest BCUT2D eigenvalue weighted by atomic mass is 9.34. The van der Waals surface area contributed by atoms with Crippen LogP contribution in [0, 0.1) is 10.8 Å². The second-order valence-electron chi connectivity index (χ2n) is 14.7. The van der Waals surface area contributed by atoms with Crippen molar-refractivity contribution in [3.63, 3.8) is 0 Å². The van der Waals surface area contributed by atoms with E-state index in [9.17, 15) is 19.8 Å². The fourth-order valence-electron chi connectivity index (χ4n) is 10.0. The predicted molar refractivity (Wildman–Crippen MR) is 211 cm³/mol.